The molecule has 1 fully saturated rings. The monoisotopic (exact) mass is 458 g/mol. The highest BCUT2D eigenvalue weighted by Gasteiger charge is 2.38. The van der Waals surface area contributed by atoms with Crippen molar-refractivity contribution in [3.05, 3.63) is 71.8 Å². The molecule has 0 aliphatic carbocycles. The third-order valence-corrected chi connectivity index (χ3v) is 5.66. The van der Waals surface area contributed by atoms with Crippen molar-refractivity contribution >= 4 is 51.9 Å². The maximum atomic E-state index is 12.7. The smallest absolute Gasteiger partial charge is 0.275 e. The molecule has 8 nitrogen and oxygen atoms in total. The molecule has 3 N–H and O–H groups in total. The average Bonchev–Trinajstić information content (AvgIpc) is 3.03. The Balaban J connectivity index is 1.67. The van der Waals surface area contributed by atoms with Gasteiger partial charge in [0.25, 0.3) is 5.91 Å². The number of amides is 3. The topological polar surface area (TPSA) is 111 Å². The second-order valence-electron chi connectivity index (χ2n) is 6.46. The highest BCUT2D eigenvalue weighted by molar-refractivity contribution is 8.15. The SMILES string of the molecule is C=CCN1C(=O)C(CC(=O)Nc2ccc(Cl)cc2)SC1=NNC(=O)c1ccccc1O. The van der Waals surface area contributed by atoms with E-state index >= 15 is 0 Å². The second-order valence-corrected chi connectivity index (χ2v) is 8.06. The van der Waals surface area contributed by atoms with Gasteiger partial charge in [-0.15, -0.1) is 11.7 Å². The standard InChI is InChI=1S/C21H19ClN4O4S/c1-2-11-26-20(30)17(12-18(28)23-14-9-7-13(22)8-10-14)31-21(26)25-24-19(29)15-5-3-4-6-16(15)27/h2-10,17,27H,1,11-12H2,(H,23,28)(H,24,29). The lowest BCUT2D eigenvalue weighted by atomic mass is 10.2. The summed E-state index contributed by atoms with van der Waals surface area (Å²) in [5.74, 6) is -1.46. The Morgan fingerprint density at radius 3 is 2.61 bits per heavy atom. The minimum Gasteiger partial charge on any atom is -0.507 e. The summed E-state index contributed by atoms with van der Waals surface area (Å²) in [6.45, 7) is 3.80. The van der Waals surface area contributed by atoms with Crippen molar-refractivity contribution in [3.8, 4) is 5.75 Å². The molecule has 1 saturated heterocycles. The molecule has 1 atom stereocenters. The summed E-state index contributed by atoms with van der Waals surface area (Å²) < 4.78 is 0. The second kappa shape index (κ2) is 10.1. The van der Waals surface area contributed by atoms with Crippen LogP contribution in [0.5, 0.6) is 5.75 Å². The Morgan fingerprint density at radius 2 is 1.94 bits per heavy atom. The van der Waals surface area contributed by atoms with Crippen molar-refractivity contribution < 1.29 is 19.5 Å². The van der Waals surface area contributed by atoms with E-state index in [0.29, 0.717) is 10.7 Å². The van der Waals surface area contributed by atoms with Crippen LogP contribution in [-0.4, -0.2) is 44.7 Å². The number of anilines is 1. The summed E-state index contributed by atoms with van der Waals surface area (Å²) in [6.07, 6.45) is 1.45. The zero-order valence-electron chi connectivity index (χ0n) is 16.2. The summed E-state index contributed by atoms with van der Waals surface area (Å²) in [5, 5.41) is 16.6. The minimum atomic E-state index is -0.701. The van der Waals surface area contributed by atoms with Crippen LogP contribution in [0.4, 0.5) is 5.69 Å². The minimum absolute atomic E-state index is 0.0512. The van der Waals surface area contributed by atoms with Gasteiger partial charge in [-0.3, -0.25) is 19.3 Å². The molecule has 0 spiro atoms. The molecule has 1 aliphatic heterocycles. The predicted octanol–water partition coefficient (Wildman–Crippen LogP) is 3.21. The fourth-order valence-electron chi connectivity index (χ4n) is 2.76. The lowest BCUT2D eigenvalue weighted by Crippen LogP contribution is -2.34. The summed E-state index contributed by atoms with van der Waals surface area (Å²) in [4.78, 5) is 38.7. The number of rotatable bonds is 7. The molecule has 0 aromatic heterocycles. The van der Waals surface area contributed by atoms with Crippen LogP contribution < -0.4 is 10.7 Å². The number of nitrogens with one attached hydrogen (secondary N) is 2. The van der Waals surface area contributed by atoms with Crippen LogP contribution in [0.1, 0.15) is 16.8 Å². The van der Waals surface area contributed by atoms with Crippen LogP contribution in [-0.2, 0) is 9.59 Å². The molecular weight excluding hydrogens is 440 g/mol. The fourth-order valence-corrected chi connectivity index (χ4v) is 3.99. The van der Waals surface area contributed by atoms with Gasteiger partial charge in [0.05, 0.1) is 5.56 Å². The Morgan fingerprint density at radius 1 is 1.23 bits per heavy atom. The lowest BCUT2D eigenvalue weighted by Gasteiger charge is -2.13. The Bertz CT molecular complexity index is 1040. The molecule has 0 bridgehead atoms. The van der Waals surface area contributed by atoms with E-state index in [-0.39, 0.29) is 41.3 Å². The van der Waals surface area contributed by atoms with Crippen molar-refractivity contribution in [2.75, 3.05) is 11.9 Å². The van der Waals surface area contributed by atoms with Crippen molar-refractivity contribution in [1.29, 1.82) is 0 Å². The van der Waals surface area contributed by atoms with Gasteiger partial charge in [-0.1, -0.05) is 41.6 Å². The highest BCUT2D eigenvalue weighted by atomic mass is 35.5. The number of aromatic hydroxyl groups is 1. The van der Waals surface area contributed by atoms with E-state index in [4.69, 9.17) is 11.6 Å². The third-order valence-electron chi connectivity index (χ3n) is 4.23. The van der Waals surface area contributed by atoms with Crippen LogP contribution >= 0.6 is 23.4 Å². The van der Waals surface area contributed by atoms with Gasteiger partial charge in [-0.05, 0) is 36.4 Å². The number of phenolic OH excluding ortho intramolecular Hbond substituents is 1. The molecule has 31 heavy (non-hydrogen) atoms. The predicted molar refractivity (Wildman–Crippen MR) is 121 cm³/mol. The van der Waals surface area contributed by atoms with Gasteiger partial charge in [0, 0.05) is 23.7 Å². The number of benzene rings is 2. The van der Waals surface area contributed by atoms with E-state index in [1.807, 2.05) is 0 Å². The molecule has 2 aromatic carbocycles. The number of halogens is 1. The molecule has 0 radical (unpaired) electrons. The molecule has 160 valence electrons. The third kappa shape index (κ3) is 5.65. The van der Waals surface area contributed by atoms with Gasteiger partial charge in [-0.2, -0.15) is 0 Å². The fraction of sp³-hybridized carbons (Fsp3) is 0.143. The number of hydrogen-bond donors (Lipinski definition) is 3. The van der Waals surface area contributed by atoms with Crippen molar-refractivity contribution in [1.82, 2.24) is 10.3 Å². The number of amidine groups is 1. The number of hydrazone groups is 1. The number of nitrogens with zero attached hydrogens (tertiary/aromatic N) is 2. The first-order valence-corrected chi connectivity index (χ1v) is 10.4. The molecular formula is C21H19ClN4O4S. The van der Waals surface area contributed by atoms with Crippen molar-refractivity contribution in [3.63, 3.8) is 0 Å². The van der Waals surface area contributed by atoms with Crippen LogP contribution in [0, 0.1) is 0 Å². The largest absolute Gasteiger partial charge is 0.507 e. The van der Waals surface area contributed by atoms with E-state index in [0.717, 1.165) is 11.8 Å². The van der Waals surface area contributed by atoms with E-state index in [2.05, 4.69) is 22.4 Å². The van der Waals surface area contributed by atoms with Crippen molar-refractivity contribution in [2.45, 2.75) is 11.7 Å². The van der Waals surface area contributed by atoms with E-state index in [1.54, 1.807) is 36.4 Å². The van der Waals surface area contributed by atoms with E-state index in [9.17, 15) is 19.5 Å². The molecule has 1 heterocycles. The first-order chi connectivity index (χ1) is 14.9. The summed E-state index contributed by atoms with van der Waals surface area (Å²) in [6, 6.07) is 12.7. The quantitative estimate of drug-likeness (QED) is 0.436. The van der Waals surface area contributed by atoms with Crippen LogP contribution in [0.3, 0.4) is 0 Å². The van der Waals surface area contributed by atoms with Gasteiger partial charge >= 0.3 is 0 Å². The molecule has 0 saturated carbocycles. The number of hydrogen-bond acceptors (Lipinski definition) is 6. The first-order valence-electron chi connectivity index (χ1n) is 9.19. The number of carbonyl (C=O) groups is 3. The van der Waals surface area contributed by atoms with Crippen molar-refractivity contribution in [2.24, 2.45) is 5.10 Å². The maximum Gasteiger partial charge on any atom is 0.275 e. The van der Waals surface area contributed by atoms with Crippen LogP contribution in [0.25, 0.3) is 0 Å². The van der Waals surface area contributed by atoms with E-state index in [1.165, 1.54) is 23.1 Å². The van der Waals surface area contributed by atoms with Gasteiger partial charge in [0.1, 0.15) is 11.0 Å². The average molecular weight is 459 g/mol. The Kier molecular flexibility index (Phi) is 7.32. The number of phenols is 1. The Labute approximate surface area is 188 Å². The molecule has 3 rings (SSSR count). The molecule has 1 unspecified atom stereocenters. The van der Waals surface area contributed by atoms with Gasteiger partial charge in [-0.25, -0.2) is 5.43 Å². The molecule has 2 aromatic rings. The zero-order chi connectivity index (χ0) is 22.4. The summed E-state index contributed by atoms with van der Waals surface area (Å²) in [5.41, 5.74) is 2.95. The van der Waals surface area contributed by atoms with Gasteiger partial charge < -0.3 is 10.4 Å². The lowest BCUT2D eigenvalue weighted by molar-refractivity contribution is -0.127. The zero-order valence-corrected chi connectivity index (χ0v) is 17.8. The highest BCUT2D eigenvalue weighted by Crippen LogP contribution is 2.30. The molecule has 3 amide bonds. The van der Waals surface area contributed by atoms with Gasteiger partial charge in [0.15, 0.2) is 5.17 Å². The molecule has 1 aliphatic rings. The number of para-hydroxylation sites is 1. The van der Waals surface area contributed by atoms with E-state index < -0.39 is 11.2 Å². The van der Waals surface area contributed by atoms with Crippen LogP contribution in [0.15, 0.2) is 66.3 Å². The number of thioether (sulfide) groups is 1. The number of carbonyl (C=O) groups excluding carboxylic acids is 3. The van der Waals surface area contributed by atoms with Gasteiger partial charge in [0.2, 0.25) is 11.8 Å². The molecule has 10 heteroatoms. The summed E-state index contributed by atoms with van der Waals surface area (Å²) >= 11 is 6.90. The summed E-state index contributed by atoms with van der Waals surface area (Å²) in [7, 11) is 0. The Hall–Kier alpha value is -3.30. The first kappa shape index (κ1) is 22.4. The maximum absolute atomic E-state index is 12.7. The normalized spacial score (nSPS) is 16.9. The van der Waals surface area contributed by atoms with Crippen LogP contribution in [0.2, 0.25) is 5.02 Å².